The van der Waals surface area contributed by atoms with Crippen LogP contribution in [0.4, 0.5) is 11.5 Å². The molecule has 0 bridgehead atoms. The molecular weight excluding hydrogens is 532 g/mol. The van der Waals surface area contributed by atoms with Crippen LogP contribution < -0.4 is 16.0 Å². The molecule has 2 aliphatic heterocycles. The molecule has 6 rings (SSSR count). The van der Waals surface area contributed by atoms with Crippen LogP contribution in [0.3, 0.4) is 0 Å². The highest BCUT2D eigenvalue weighted by molar-refractivity contribution is 7.18. The average molecular weight is 555 g/mol. The van der Waals surface area contributed by atoms with Gasteiger partial charge in [-0.3, -0.25) is 9.59 Å². The molecule has 2 amide bonds. The number of nitrogens with two attached hydrogens (primary N) is 1. The normalized spacial score (nSPS) is 17.9. The second kappa shape index (κ2) is 9.77. The predicted octanol–water partition coefficient (Wildman–Crippen LogP) is 3.42. The summed E-state index contributed by atoms with van der Waals surface area (Å²) in [5.41, 5.74) is 9.83. The molecule has 10 nitrogen and oxygen atoms in total. The maximum Gasteiger partial charge on any atom is 0.283 e. The van der Waals surface area contributed by atoms with E-state index in [0.29, 0.717) is 39.7 Å². The third kappa shape index (κ3) is 4.56. The highest BCUT2D eigenvalue weighted by Crippen LogP contribution is 2.35. The molecule has 0 aromatic carbocycles. The second-order valence-corrected chi connectivity index (χ2v) is 11.5. The van der Waals surface area contributed by atoms with Gasteiger partial charge in [-0.05, 0) is 36.6 Å². The van der Waals surface area contributed by atoms with Crippen LogP contribution in [0.25, 0.3) is 11.1 Å². The maximum atomic E-state index is 12.8. The van der Waals surface area contributed by atoms with Crippen molar-refractivity contribution in [2.75, 3.05) is 36.8 Å². The minimum Gasteiger partial charge on any atom is -0.382 e. The molecule has 1 saturated heterocycles. The Kier molecular flexibility index (Phi) is 6.31. The Bertz CT molecular complexity index is 1510. The van der Waals surface area contributed by atoms with Crippen molar-refractivity contribution >= 4 is 68.7 Å². The van der Waals surface area contributed by atoms with Crippen LogP contribution in [0.2, 0.25) is 4.34 Å². The fourth-order valence-corrected chi connectivity index (χ4v) is 6.43. The smallest absolute Gasteiger partial charge is 0.283 e. The van der Waals surface area contributed by atoms with E-state index < -0.39 is 0 Å². The number of thiazole rings is 1. The summed E-state index contributed by atoms with van der Waals surface area (Å²) in [4.78, 5) is 38.5. The van der Waals surface area contributed by atoms with Gasteiger partial charge >= 0.3 is 0 Å². The van der Waals surface area contributed by atoms with Gasteiger partial charge in [0.15, 0.2) is 10.8 Å². The lowest BCUT2D eigenvalue weighted by Gasteiger charge is -2.34. The van der Waals surface area contributed by atoms with E-state index >= 15 is 0 Å². The summed E-state index contributed by atoms with van der Waals surface area (Å²) < 4.78 is 2.39. The molecule has 6 heterocycles. The lowest BCUT2D eigenvalue weighted by atomic mass is 10.0. The number of hydrogen-bond donors (Lipinski definition) is 2. The highest BCUT2D eigenvalue weighted by atomic mass is 35.5. The average Bonchev–Trinajstić information content (AvgIpc) is 3.70. The van der Waals surface area contributed by atoms with Gasteiger partial charge in [-0.2, -0.15) is 5.10 Å². The molecule has 0 spiro atoms. The first-order valence-corrected chi connectivity index (χ1v) is 13.9. The molecule has 1 atom stereocenters. The van der Waals surface area contributed by atoms with E-state index in [-0.39, 0.29) is 17.9 Å². The summed E-state index contributed by atoms with van der Waals surface area (Å²) in [5.74, 6) is 0.179. The van der Waals surface area contributed by atoms with E-state index in [0.717, 1.165) is 41.9 Å². The SMILES string of the molecule is Nc1ncnn2c(C3=CCN(C(=O)c4nccs4)C3)cc(N3CCC[C@@H](NC(=O)c4ccc(Cl)s4)C3)c12. The van der Waals surface area contributed by atoms with Crippen molar-refractivity contribution in [3.63, 3.8) is 0 Å². The van der Waals surface area contributed by atoms with Crippen molar-refractivity contribution in [2.24, 2.45) is 0 Å². The van der Waals surface area contributed by atoms with Crippen molar-refractivity contribution < 1.29 is 9.59 Å². The number of aromatic nitrogens is 4. The minimum atomic E-state index is -0.116. The number of nitrogens with one attached hydrogen (secondary N) is 1. The molecule has 0 saturated carbocycles. The zero-order chi connectivity index (χ0) is 25.5. The fourth-order valence-electron chi connectivity index (χ4n) is 4.88. The van der Waals surface area contributed by atoms with Gasteiger partial charge < -0.3 is 20.9 Å². The Labute approximate surface area is 225 Å². The summed E-state index contributed by atoms with van der Waals surface area (Å²) >= 11 is 8.61. The number of hydrogen-bond acceptors (Lipinski definition) is 9. The van der Waals surface area contributed by atoms with Gasteiger partial charge in [-0.1, -0.05) is 17.7 Å². The summed E-state index contributed by atoms with van der Waals surface area (Å²) in [6, 6.07) is 5.51. The lowest BCUT2D eigenvalue weighted by molar-refractivity contribution is 0.0800. The Morgan fingerprint density at radius 1 is 1.24 bits per heavy atom. The Morgan fingerprint density at radius 2 is 2.14 bits per heavy atom. The van der Waals surface area contributed by atoms with Gasteiger partial charge in [-0.15, -0.1) is 22.7 Å². The minimum absolute atomic E-state index is 0.0246. The van der Waals surface area contributed by atoms with Crippen molar-refractivity contribution in [2.45, 2.75) is 18.9 Å². The van der Waals surface area contributed by atoms with Crippen molar-refractivity contribution in [3.8, 4) is 0 Å². The number of carbonyl (C=O) groups is 2. The highest BCUT2D eigenvalue weighted by Gasteiger charge is 2.29. The van der Waals surface area contributed by atoms with Gasteiger partial charge in [-0.25, -0.2) is 14.5 Å². The van der Waals surface area contributed by atoms with Crippen LogP contribution >= 0.6 is 34.3 Å². The first kappa shape index (κ1) is 23.9. The molecule has 13 heteroatoms. The van der Waals surface area contributed by atoms with Crippen molar-refractivity contribution in [1.82, 2.24) is 29.8 Å². The van der Waals surface area contributed by atoms with Crippen LogP contribution in [0.1, 0.15) is 38.0 Å². The number of nitrogens with zero attached hydrogens (tertiary/aromatic N) is 6. The summed E-state index contributed by atoms with van der Waals surface area (Å²) in [6.45, 7) is 2.40. The molecule has 37 heavy (non-hydrogen) atoms. The van der Waals surface area contributed by atoms with Crippen LogP contribution in [-0.2, 0) is 0 Å². The van der Waals surface area contributed by atoms with Gasteiger partial charge in [0.2, 0.25) is 0 Å². The number of piperidine rings is 1. The topological polar surface area (TPSA) is 122 Å². The third-order valence-corrected chi connectivity index (χ3v) is 8.60. The molecule has 0 unspecified atom stereocenters. The number of rotatable bonds is 5. The van der Waals surface area contributed by atoms with E-state index in [9.17, 15) is 9.59 Å². The van der Waals surface area contributed by atoms with Gasteiger partial charge in [0.1, 0.15) is 11.8 Å². The number of carbonyl (C=O) groups excluding carboxylic acids is 2. The van der Waals surface area contributed by atoms with Gasteiger partial charge in [0, 0.05) is 43.8 Å². The van der Waals surface area contributed by atoms with E-state index in [4.69, 9.17) is 17.3 Å². The van der Waals surface area contributed by atoms with Crippen LogP contribution in [0.5, 0.6) is 0 Å². The molecule has 0 radical (unpaired) electrons. The zero-order valence-corrected chi connectivity index (χ0v) is 22.0. The molecule has 190 valence electrons. The number of anilines is 2. The molecule has 4 aromatic heterocycles. The standard InChI is InChI=1S/C24H23ClN8O2S2/c25-19-4-3-18(37-19)22(34)30-15-2-1-7-31(12-15)17-10-16(33-20(17)21(26)28-13-29-33)14-5-8-32(11-14)24(35)23-27-6-9-36-23/h3-6,9-10,13,15H,1-2,7-8,11-12H2,(H,30,34)(H2,26,28,29)/t15-/m1/s1. The fraction of sp³-hybridized carbons (Fsp3) is 0.292. The molecule has 3 N–H and O–H groups in total. The largest absolute Gasteiger partial charge is 0.382 e. The second-order valence-electron chi connectivity index (χ2n) is 8.94. The van der Waals surface area contributed by atoms with Crippen molar-refractivity contribution in [1.29, 1.82) is 0 Å². The van der Waals surface area contributed by atoms with Crippen LogP contribution in [0.15, 0.2) is 42.2 Å². The number of amides is 2. The number of halogens is 1. The first-order valence-electron chi connectivity index (χ1n) is 11.8. The Balaban J connectivity index is 1.25. The Morgan fingerprint density at radius 3 is 2.92 bits per heavy atom. The van der Waals surface area contributed by atoms with Crippen molar-refractivity contribution in [3.05, 3.63) is 62.1 Å². The molecule has 0 aliphatic carbocycles. The summed E-state index contributed by atoms with van der Waals surface area (Å²) in [6.07, 6.45) is 6.91. The number of fused-ring (bicyclic) bond motifs is 1. The van der Waals surface area contributed by atoms with Crippen LogP contribution in [-0.4, -0.2) is 68.5 Å². The predicted molar refractivity (Wildman–Crippen MR) is 145 cm³/mol. The lowest BCUT2D eigenvalue weighted by Crippen LogP contribution is -2.47. The van der Waals surface area contributed by atoms with E-state index in [2.05, 4.69) is 31.3 Å². The van der Waals surface area contributed by atoms with Gasteiger partial charge in [0.05, 0.1) is 20.6 Å². The monoisotopic (exact) mass is 554 g/mol. The van der Waals surface area contributed by atoms with E-state index in [1.165, 1.54) is 29.0 Å². The molecule has 2 aliphatic rings. The van der Waals surface area contributed by atoms with E-state index in [1.54, 1.807) is 33.1 Å². The number of thiophene rings is 1. The van der Waals surface area contributed by atoms with Gasteiger partial charge in [0.25, 0.3) is 11.8 Å². The Hall–Kier alpha value is -3.48. The van der Waals surface area contributed by atoms with Crippen LogP contribution in [0, 0.1) is 0 Å². The maximum absolute atomic E-state index is 12.8. The summed E-state index contributed by atoms with van der Waals surface area (Å²) in [7, 11) is 0. The van der Waals surface area contributed by atoms with E-state index in [1.807, 2.05) is 6.08 Å². The first-order chi connectivity index (χ1) is 18.0. The quantitative estimate of drug-likeness (QED) is 0.387. The summed E-state index contributed by atoms with van der Waals surface area (Å²) in [5, 5.41) is 9.92. The molecular formula is C24H23ClN8O2S2. The zero-order valence-electron chi connectivity index (χ0n) is 19.6. The third-order valence-electron chi connectivity index (χ3n) is 6.61. The molecule has 1 fully saturated rings. The molecule has 4 aromatic rings. The number of nitrogen functional groups attached to an aromatic ring is 1.